The van der Waals surface area contributed by atoms with Gasteiger partial charge < -0.3 is 4.74 Å². The maximum Gasteiger partial charge on any atom is 0.289 e. The summed E-state index contributed by atoms with van der Waals surface area (Å²) in [6, 6.07) is 8.24. The summed E-state index contributed by atoms with van der Waals surface area (Å²) in [7, 11) is -2.84. The number of nitro benzene ring substituents is 1. The van der Waals surface area contributed by atoms with E-state index in [0.29, 0.717) is 5.56 Å². The summed E-state index contributed by atoms with van der Waals surface area (Å²) >= 11 is 0. The average molecular weight is 354 g/mol. The highest BCUT2D eigenvalue weighted by molar-refractivity contribution is 7.89. The van der Waals surface area contributed by atoms with E-state index in [-0.39, 0.29) is 5.75 Å². The maximum atomic E-state index is 13.7. The molecule has 0 radical (unpaired) electrons. The minimum atomic E-state index is -4.16. The van der Waals surface area contributed by atoms with Crippen LogP contribution in [0.2, 0.25) is 0 Å². The van der Waals surface area contributed by atoms with Gasteiger partial charge in [0.1, 0.15) is 0 Å². The Balaban J connectivity index is 2.32. The molecule has 0 bridgehead atoms. The van der Waals surface area contributed by atoms with Crippen molar-refractivity contribution < 1.29 is 22.5 Å². The molecule has 1 unspecified atom stereocenters. The van der Waals surface area contributed by atoms with Gasteiger partial charge in [-0.1, -0.05) is 18.2 Å². The lowest BCUT2D eigenvalue weighted by Gasteiger charge is -2.15. The van der Waals surface area contributed by atoms with E-state index in [1.807, 2.05) is 0 Å². The van der Waals surface area contributed by atoms with Gasteiger partial charge in [0.25, 0.3) is 5.69 Å². The summed E-state index contributed by atoms with van der Waals surface area (Å²) in [6.07, 6.45) is 0. The van der Waals surface area contributed by atoms with Gasteiger partial charge in [-0.05, 0) is 30.7 Å². The van der Waals surface area contributed by atoms with Crippen molar-refractivity contribution in [2.45, 2.75) is 17.9 Å². The minimum Gasteiger partial charge on any atom is -0.494 e. The molecule has 2 aromatic carbocycles. The fourth-order valence-corrected chi connectivity index (χ4v) is 3.56. The summed E-state index contributed by atoms with van der Waals surface area (Å²) in [5, 5.41) is 11.0. The first-order valence-electron chi connectivity index (χ1n) is 6.85. The zero-order chi connectivity index (χ0) is 17.9. The number of sulfonamides is 1. The number of hydrogen-bond donors (Lipinski definition) is 1. The van der Waals surface area contributed by atoms with Gasteiger partial charge >= 0.3 is 0 Å². The van der Waals surface area contributed by atoms with Gasteiger partial charge in [0, 0.05) is 12.1 Å². The Morgan fingerprint density at radius 2 is 1.92 bits per heavy atom. The first-order chi connectivity index (χ1) is 11.3. The first-order valence-corrected chi connectivity index (χ1v) is 8.33. The van der Waals surface area contributed by atoms with Crippen LogP contribution in [0.1, 0.15) is 18.5 Å². The normalized spacial score (nSPS) is 12.6. The van der Waals surface area contributed by atoms with Crippen LogP contribution in [0.25, 0.3) is 0 Å². The maximum absolute atomic E-state index is 13.7. The molecule has 1 atom stereocenters. The predicted octanol–water partition coefficient (Wildman–Crippen LogP) is 2.78. The molecule has 0 saturated carbocycles. The van der Waals surface area contributed by atoms with Gasteiger partial charge in [0.05, 0.1) is 12.0 Å². The monoisotopic (exact) mass is 354 g/mol. The van der Waals surface area contributed by atoms with Crippen LogP contribution in [0.5, 0.6) is 5.75 Å². The third kappa shape index (κ3) is 3.69. The Morgan fingerprint density at radius 3 is 2.50 bits per heavy atom. The van der Waals surface area contributed by atoms with Crippen LogP contribution in [0, 0.1) is 15.9 Å². The zero-order valence-corrected chi connectivity index (χ0v) is 13.7. The lowest BCUT2D eigenvalue weighted by Crippen LogP contribution is -2.27. The van der Waals surface area contributed by atoms with Crippen LogP contribution < -0.4 is 9.46 Å². The quantitative estimate of drug-likeness (QED) is 0.635. The largest absolute Gasteiger partial charge is 0.494 e. The minimum absolute atomic E-state index is 0.0347. The summed E-state index contributed by atoms with van der Waals surface area (Å²) < 4.78 is 45.7. The van der Waals surface area contributed by atoms with Crippen LogP contribution in [-0.4, -0.2) is 20.5 Å². The van der Waals surface area contributed by atoms with Crippen LogP contribution >= 0.6 is 0 Å². The molecule has 2 aromatic rings. The summed E-state index contributed by atoms with van der Waals surface area (Å²) in [4.78, 5) is 9.77. The Labute approximate surface area is 138 Å². The lowest BCUT2D eigenvalue weighted by atomic mass is 10.1. The van der Waals surface area contributed by atoms with Crippen molar-refractivity contribution in [3.8, 4) is 5.75 Å². The molecule has 1 N–H and O–H groups in total. The highest BCUT2D eigenvalue weighted by Crippen LogP contribution is 2.26. The van der Waals surface area contributed by atoms with E-state index >= 15 is 0 Å². The third-order valence-electron chi connectivity index (χ3n) is 3.36. The molecule has 2 rings (SSSR count). The van der Waals surface area contributed by atoms with E-state index in [1.165, 1.54) is 38.3 Å². The standard InChI is InChI=1S/C15H15FN2O5S/c1-10(11-7-8-14(23-2)12(16)9-11)17-24(21,22)15-6-4-3-5-13(15)18(19)20/h3-10,17H,1-2H3. The Kier molecular flexibility index (Phi) is 5.15. The number of benzene rings is 2. The SMILES string of the molecule is COc1ccc(C(C)NS(=O)(=O)c2ccccc2[N+](=O)[O-])cc1F. The number of nitrogens with one attached hydrogen (secondary N) is 1. The van der Waals surface area contributed by atoms with Crippen LogP contribution in [0.3, 0.4) is 0 Å². The Hall–Kier alpha value is -2.52. The average Bonchev–Trinajstić information content (AvgIpc) is 2.54. The molecular formula is C15H15FN2O5S. The smallest absolute Gasteiger partial charge is 0.289 e. The fourth-order valence-electron chi connectivity index (χ4n) is 2.15. The molecule has 7 nitrogen and oxygen atoms in total. The Morgan fingerprint density at radius 1 is 1.25 bits per heavy atom. The van der Waals surface area contributed by atoms with Crippen molar-refractivity contribution in [2.24, 2.45) is 0 Å². The molecule has 0 aliphatic carbocycles. The van der Waals surface area contributed by atoms with Crippen LogP contribution in [-0.2, 0) is 10.0 Å². The number of ether oxygens (including phenoxy) is 1. The summed E-state index contributed by atoms with van der Waals surface area (Å²) in [5.41, 5.74) is -0.173. The number of hydrogen-bond acceptors (Lipinski definition) is 5. The van der Waals surface area contributed by atoms with Gasteiger partial charge in [0.15, 0.2) is 16.5 Å². The number of nitrogens with zero attached hydrogens (tertiary/aromatic N) is 1. The van der Waals surface area contributed by atoms with Crippen molar-refractivity contribution in [1.82, 2.24) is 4.72 Å². The molecule has 0 amide bonds. The molecule has 128 valence electrons. The third-order valence-corrected chi connectivity index (χ3v) is 4.95. The summed E-state index contributed by atoms with van der Waals surface area (Å²) in [6.45, 7) is 1.51. The van der Waals surface area contributed by atoms with Crippen LogP contribution in [0.4, 0.5) is 10.1 Å². The molecule has 0 fully saturated rings. The molecule has 0 saturated heterocycles. The molecule has 9 heteroatoms. The van der Waals surface area contributed by atoms with E-state index in [2.05, 4.69) is 4.72 Å². The van der Waals surface area contributed by atoms with E-state index in [0.717, 1.165) is 18.2 Å². The predicted molar refractivity (Wildman–Crippen MR) is 84.8 cm³/mol. The van der Waals surface area contributed by atoms with Crippen molar-refractivity contribution in [3.05, 3.63) is 64.0 Å². The topological polar surface area (TPSA) is 98.5 Å². The highest BCUT2D eigenvalue weighted by Gasteiger charge is 2.27. The van der Waals surface area contributed by atoms with Gasteiger partial charge in [0.2, 0.25) is 10.0 Å². The van der Waals surface area contributed by atoms with E-state index in [1.54, 1.807) is 0 Å². The molecule has 0 aromatic heterocycles. The number of para-hydroxylation sites is 1. The number of methoxy groups -OCH3 is 1. The second-order valence-electron chi connectivity index (χ2n) is 4.96. The zero-order valence-electron chi connectivity index (χ0n) is 12.9. The molecule has 0 aliphatic heterocycles. The highest BCUT2D eigenvalue weighted by atomic mass is 32.2. The molecule has 24 heavy (non-hydrogen) atoms. The van der Waals surface area contributed by atoms with Gasteiger partial charge in [-0.25, -0.2) is 17.5 Å². The van der Waals surface area contributed by atoms with Crippen LogP contribution in [0.15, 0.2) is 47.4 Å². The van der Waals surface area contributed by atoms with E-state index < -0.39 is 37.4 Å². The fraction of sp³-hybridized carbons (Fsp3) is 0.200. The van der Waals surface area contributed by atoms with Crippen molar-refractivity contribution in [1.29, 1.82) is 0 Å². The van der Waals surface area contributed by atoms with Crippen molar-refractivity contribution in [2.75, 3.05) is 7.11 Å². The second-order valence-corrected chi connectivity index (χ2v) is 6.64. The lowest BCUT2D eigenvalue weighted by molar-refractivity contribution is -0.387. The molecular weight excluding hydrogens is 339 g/mol. The van der Waals surface area contributed by atoms with E-state index in [9.17, 15) is 22.9 Å². The van der Waals surface area contributed by atoms with E-state index in [4.69, 9.17) is 4.74 Å². The Bertz CT molecular complexity index is 870. The van der Waals surface area contributed by atoms with Gasteiger partial charge in [-0.15, -0.1) is 0 Å². The number of halogens is 1. The number of nitro groups is 1. The first kappa shape index (κ1) is 17.8. The molecule has 0 spiro atoms. The van der Waals surface area contributed by atoms with Crippen molar-refractivity contribution >= 4 is 15.7 Å². The summed E-state index contributed by atoms with van der Waals surface area (Å²) in [5.74, 6) is -0.598. The van der Waals surface area contributed by atoms with Gasteiger partial charge in [-0.3, -0.25) is 10.1 Å². The van der Waals surface area contributed by atoms with Crippen molar-refractivity contribution in [3.63, 3.8) is 0 Å². The number of rotatable bonds is 6. The molecule has 0 heterocycles. The molecule has 0 aliphatic rings. The van der Waals surface area contributed by atoms with Gasteiger partial charge in [-0.2, -0.15) is 0 Å². The second kappa shape index (κ2) is 6.93.